The van der Waals surface area contributed by atoms with E-state index in [0.717, 1.165) is 12.8 Å². The largest absolute Gasteiger partial charge is 0.326 e. The predicted molar refractivity (Wildman–Crippen MR) is 79.0 cm³/mol. The van der Waals surface area contributed by atoms with Crippen LogP contribution in [0.15, 0.2) is 24.3 Å². The quantitative estimate of drug-likeness (QED) is 0.858. The standard InChI is InChI=1S/C14H17N3O3S/c1-21(19,20)17(13-5-6-13)8-7-14(18)16-12-4-2-3-11(9-12)10-15/h2-4,9,13H,5-8H2,1H3,(H,16,18). The van der Waals surface area contributed by atoms with Crippen LogP contribution in [0.3, 0.4) is 0 Å². The van der Waals surface area contributed by atoms with Crippen LogP contribution in [0.4, 0.5) is 5.69 Å². The van der Waals surface area contributed by atoms with Crippen LogP contribution in [0.2, 0.25) is 0 Å². The van der Waals surface area contributed by atoms with Gasteiger partial charge in [0.1, 0.15) is 0 Å². The Kier molecular flexibility index (Phi) is 4.60. The van der Waals surface area contributed by atoms with Crippen LogP contribution in [-0.2, 0) is 14.8 Å². The predicted octanol–water partition coefficient (Wildman–Crippen LogP) is 1.31. The molecule has 0 heterocycles. The molecule has 1 fully saturated rings. The summed E-state index contributed by atoms with van der Waals surface area (Å²) in [4.78, 5) is 11.9. The zero-order chi connectivity index (χ0) is 15.5. The van der Waals surface area contributed by atoms with Gasteiger partial charge in [0.25, 0.3) is 0 Å². The highest BCUT2D eigenvalue weighted by Crippen LogP contribution is 2.28. The highest BCUT2D eigenvalue weighted by Gasteiger charge is 2.34. The molecule has 1 aromatic rings. The maximum absolute atomic E-state index is 11.9. The Labute approximate surface area is 124 Å². The number of nitrogens with one attached hydrogen (secondary N) is 1. The molecule has 0 saturated heterocycles. The molecular weight excluding hydrogens is 290 g/mol. The van der Waals surface area contributed by atoms with Crippen LogP contribution < -0.4 is 5.32 Å². The highest BCUT2D eigenvalue weighted by molar-refractivity contribution is 7.88. The first-order valence-electron chi connectivity index (χ1n) is 6.67. The van der Waals surface area contributed by atoms with E-state index >= 15 is 0 Å². The molecular formula is C14H17N3O3S. The Balaban J connectivity index is 1.91. The number of carbonyl (C=O) groups excluding carboxylic acids is 1. The van der Waals surface area contributed by atoms with E-state index in [1.54, 1.807) is 24.3 Å². The SMILES string of the molecule is CS(=O)(=O)N(CCC(=O)Nc1cccc(C#N)c1)C1CC1. The van der Waals surface area contributed by atoms with E-state index in [4.69, 9.17) is 5.26 Å². The second-order valence-electron chi connectivity index (χ2n) is 5.10. The summed E-state index contributed by atoms with van der Waals surface area (Å²) in [6.07, 6.45) is 2.98. The summed E-state index contributed by atoms with van der Waals surface area (Å²) in [5.74, 6) is -0.264. The molecule has 1 saturated carbocycles. The van der Waals surface area contributed by atoms with E-state index < -0.39 is 10.0 Å². The number of nitrogens with zero attached hydrogens (tertiary/aromatic N) is 2. The van der Waals surface area contributed by atoms with Gasteiger partial charge in [0, 0.05) is 24.7 Å². The highest BCUT2D eigenvalue weighted by atomic mass is 32.2. The van der Waals surface area contributed by atoms with Gasteiger partial charge < -0.3 is 5.32 Å². The van der Waals surface area contributed by atoms with E-state index in [9.17, 15) is 13.2 Å². The van der Waals surface area contributed by atoms with Gasteiger partial charge in [-0.2, -0.15) is 9.57 Å². The number of sulfonamides is 1. The van der Waals surface area contributed by atoms with Crippen LogP contribution in [-0.4, -0.2) is 37.5 Å². The van der Waals surface area contributed by atoms with Crippen molar-refractivity contribution in [1.82, 2.24) is 4.31 Å². The van der Waals surface area contributed by atoms with Crippen molar-refractivity contribution < 1.29 is 13.2 Å². The molecule has 0 unspecified atom stereocenters. The fourth-order valence-electron chi connectivity index (χ4n) is 2.08. The molecule has 0 radical (unpaired) electrons. The second kappa shape index (κ2) is 6.24. The van der Waals surface area contributed by atoms with Crippen molar-refractivity contribution in [2.45, 2.75) is 25.3 Å². The molecule has 1 aromatic carbocycles. The molecule has 0 aliphatic heterocycles. The summed E-state index contributed by atoms with van der Waals surface area (Å²) in [7, 11) is -3.27. The molecule has 112 valence electrons. The van der Waals surface area contributed by atoms with Crippen LogP contribution in [0.5, 0.6) is 0 Å². The van der Waals surface area contributed by atoms with Crippen LogP contribution in [0.1, 0.15) is 24.8 Å². The number of amides is 1. The summed E-state index contributed by atoms with van der Waals surface area (Å²) >= 11 is 0. The molecule has 2 rings (SSSR count). The van der Waals surface area contributed by atoms with E-state index in [-0.39, 0.29) is 24.9 Å². The summed E-state index contributed by atoms with van der Waals surface area (Å²) in [6, 6.07) is 8.64. The minimum Gasteiger partial charge on any atom is -0.326 e. The Morgan fingerprint density at radius 3 is 2.76 bits per heavy atom. The minimum absolute atomic E-state index is 0.0507. The zero-order valence-electron chi connectivity index (χ0n) is 11.7. The van der Waals surface area contributed by atoms with E-state index in [2.05, 4.69) is 5.32 Å². The van der Waals surface area contributed by atoms with Gasteiger partial charge >= 0.3 is 0 Å². The Bertz CT molecular complexity index is 675. The molecule has 1 aliphatic rings. The lowest BCUT2D eigenvalue weighted by Crippen LogP contribution is -2.34. The van der Waals surface area contributed by atoms with Crippen LogP contribution in [0, 0.1) is 11.3 Å². The lowest BCUT2D eigenvalue weighted by atomic mass is 10.2. The lowest BCUT2D eigenvalue weighted by Gasteiger charge is -2.18. The first kappa shape index (κ1) is 15.5. The van der Waals surface area contributed by atoms with Crippen LogP contribution >= 0.6 is 0 Å². The second-order valence-corrected chi connectivity index (χ2v) is 7.03. The van der Waals surface area contributed by atoms with Gasteiger partial charge in [0.15, 0.2) is 0 Å². The normalized spacial score (nSPS) is 14.7. The van der Waals surface area contributed by atoms with Gasteiger partial charge in [-0.15, -0.1) is 0 Å². The van der Waals surface area contributed by atoms with Crippen LogP contribution in [0.25, 0.3) is 0 Å². The molecule has 1 amide bonds. The first-order valence-corrected chi connectivity index (χ1v) is 8.52. The molecule has 0 spiro atoms. The molecule has 7 heteroatoms. The Hall–Kier alpha value is -1.91. The van der Waals surface area contributed by atoms with Crippen molar-refractivity contribution in [3.8, 4) is 6.07 Å². The van der Waals surface area contributed by atoms with Gasteiger partial charge in [0.05, 0.1) is 17.9 Å². The average molecular weight is 307 g/mol. The number of rotatable bonds is 6. The van der Waals surface area contributed by atoms with Crippen molar-refractivity contribution in [3.63, 3.8) is 0 Å². The summed E-state index contributed by atoms with van der Waals surface area (Å²) < 4.78 is 24.6. The van der Waals surface area contributed by atoms with Gasteiger partial charge in [-0.3, -0.25) is 4.79 Å². The Morgan fingerprint density at radius 2 is 2.19 bits per heavy atom. The molecule has 0 atom stereocenters. The van der Waals surface area contributed by atoms with Gasteiger partial charge in [-0.25, -0.2) is 8.42 Å². The molecule has 0 aromatic heterocycles. The number of nitriles is 1. The average Bonchev–Trinajstić information content (AvgIpc) is 3.22. The molecule has 6 nitrogen and oxygen atoms in total. The maximum atomic E-state index is 11.9. The van der Waals surface area contributed by atoms with Crippen molar-refractivity contribution in [2.24, 2.45) is 0 Å². The zero-order valence-corrected chi connectivity index (χ0v) is 12.6. The summed E-state index contributed by atoms with van der Waals surface area (Å²) in [5, 5.41) is 11.5. The molecule has 1 aliphatic carbocycles. The number of anilines is 1. The van der Waals surface area contributed by atoms with Gasteiger partial charge in [-0.1, -0.05) is 6.07 Å². The van der Waals surface area contributed by atoms with Gasteiger partial charge in [-0.05, 0) is 31.0 Å². The monoisotopic (exact) mass is 307 g/mol. The van der Waals surface area contributed by atoms with E-state index in [0.29, 0.717) is 11.3 Å². The third kappa shape index (κ3) is 4.55. The summed E-state index contributed by atoms with van der Waals surface area (Å²) in [6.45, 7) is 0.188. The van der Waals surface area contributed by atoms with Crippen molar-refractivity contribution in [3.05, 3.63) is 29.8 Å². The number of carbonyl (C=O) groups is 1. The molecule has 0 bridgehead atoms. The number of hydrogen-bond acceptors (Lipinski definition) is 4. The topological polar surface area (TPSA) is 90.3 Å². The molecule has 21 heavy (non-hydrogen) atoms. The third-order valence-corrected chi connectivity index (χ3v) is 4.55. The molecule has 1 N–H and O–H groups in total. The lowest BCUT2D eigenvalue weighted by molar-refractivity contribution is -0.116. The van der Waals surface area contributed by atoms with Crippen molar-refractivity contribution in [1.29, 1.82) is 5.26 Å². The van der Waals surface area contributed by atoms with Crippen molar-refractivity contribution in [2.75, 3.05) is 18.1 Å². The first-order chi connectivity index (χ1) is 9.90. The summed E-state index contributed by atoms with van der Waals surface area (Å²) in [5.41, 5.74) is 1.000. The van der Waals surface area contributed by atoms with Gasteiger partial charge in [0.2, 0.25) is 15.9 Å². The maximum Gasteiger partial charge on any atom is 0.225 e. The number of hydrogen-bond donors (Lipinski definition) is 1. The minimum atomic E-state index is -3.27. The third-order valence-electron chi connectivity index (χ3n) is 3.21. The number of benzene rings is 1. The smallest absolute Gasteiger partial charge is 0.225 e. The van der Waals surface area contributed by atoms with Crippen molar-refractivity contribution >= 4 is 21.6 Å². The van der Waals surface area contributed by atoms with E-state index in [1.165, 1.54) is 10.6 Å². The fourth-order valence-corrected chi connectivity index (χ4v) is 3.26. The fraction of sp³-hybridized carbons (Fsp3) is 0.429. The Morgan fingerprint density at radius 1 is 1.48 bits per heavy atom. The van der Waals surface area contributed by atoms with E-state index in [1.807, 2.05) is 6.07 Å².